The van der Waals surface area contributed by atoms with Crippen LogP contribution < -0.4 is 6.15 Å². The molecule has 0 aliphatic carbocycles. The van der Waals surface area contributed by atoms with Crippen molar-refractivity contribution in [3.8, 4) is 0 Å². The molecule has 176 valence electrons. The number of aliphatic carboxylic acids is 1. The molecule has 0 heterocycles. The van der Waals surface area contributed by atoms with Crippen LogP contribution in [0.15, 0.2) is 0 Å². The number of carboxylic acid groups (broad SMARTS) is 1. The lowest BCUT2D eigenvalue weighted by Crippen LogP contribution is -2.43. The van der Waals surface area contributed by atoms with E-state index >= 15 is 0 Å². The highest BCUT2D eigenvalue weighted by molar-refractivity contribution is 5.75. The molecule has 0 bridgehead atoms. The van der Waals surface area contributed by atoms with Crippen molar-refractivity contribution in [2.45, 2.75) is 143 Å². The van der Waals surface area contributed by atoms with Crippen molar-refractivity contribution >= 4 is 5.97 Å². The van der Waals surface area contributed by atoms with Crippen molar-refractivity contribution in [1.82, 2.24) is 6.15 Å². The van der Waals surface area contributed by atoms with Gasteiger partial charge in [0.15, 0.2) is 0 Å². The Morgan fingerprint density at radius 3 is 1.31 bits per heavy atom. The molecule has 3 atom stereocenters. The molecule has 29 heavy (non-hydrogen) atoms. The zero-order valence-corrected chi connectivity index (χ0v) is 20.2. The van der Waals surface area contributed by atoms with E-state index in [0.29, 0.717) is 0 Å². The van der Waals surface area contributed by atoms with E-state index < -0.39 is 17.5 Å². The van der Waals surface area contributed by atoms with E-state index in [-0.39, 0.29) is 12.1 Å². The Kier molecular flexibility index (Phi) is 20.4. The fraction of sp³-hybridized carbons (Fsp3) is 0.960. The summed E-state index contributed by atoms with van der Waals surface area (Å²) in [5.41, 5.74) is -1.03. The fourth-order valence-corrected chi connectivity index (χ4v) is 4.10. The summed E-state index contributed by atoms with van der Waals surface area (Å²) in [7, 11) is 0. The summed E-state index contributed by atoms with van der Waals surface area (Å²) in [6, 6.07) is 0. The largest absolute Gasteiger partial charge is 0.481 e. The van der Waals surface area contributed by atoms with Gasteiger partial charge < -0.3 is 16.4 Å². The van der Waals surface area contributed by atoms with Crippen molar-refractivity contribution in [3.63, 3.8) is 0 Å². The van der Waals surface area contributed by atoms with Gasteiger partial charge in [-0.3, -0.25) is 4.79 Å². The standard InChI is InChI=1S/C25H50O3.H3N/c1-5-6-7-8-9-10-11-12-13-14-15-16-17-18-19-20-21-22(2)25(4,23(3)26)24(27)28;/h22-23,26H,5-21H2,1-4H3,(H,27,28);1H3. The lowest BCUT2D eigenvalue weighted by atomic mass is 9.72. The predicted octanol–water partition coefficient (Wildman–Crippen LogP) is 7.91. The number of unbranched alkanes of at least 4 members (excludes halogenated alkanes) is 15. The van der Waals surface area contributed by atoms with Gasteiger partial charge in [-0.1, -0.05) is 117 Å². The molecule has 0 saturated carbocycles. The molecule has 0 saturated heterocycles. The van der Waals surface area contributed by atoms with Crippen LogP contribution in [-0.2, 0) is 4.79 Å². The van der Waals surface area contributed by atoms with Crippen molar-refractivity contribution in [1.29, 1.82) is 0 Å². The molecular formula is C25H53NO3. The molecule has 0 aromatic rings. The lowest BCUT2D eigenvalue weighted by Gasteiger charge is -2.34. The number of hydrogen-bond acceptors (Lipinski definition) is 3. The van der Waals surface area contributed by atoms with Crippen molar-refractivity contribution in [2.24, 2.45) is 11.3 Å². The highest BCUT2D eigenvalue weighted by Crippen LogP contribution is 2.35. The maximum atomic E-state index is 11.5. The Bertz CT molecular complexity index is 373. The van der Waals surface area contributed by atoms with Crippen LogP contribution in [0.3, 0.4) is 0 Å². The van der Waals surface area contributed by atoms with E-state index in [1.165, 1.54) is 96.3 Å². The highest BCUT2D eigenvalue weighted by Gasteiger charge is 2.42. The quantitative estimate of drug-likeness (QED) is 0.176. The van der Waals surface area contributed by atoms with E-state index in [1.54, 1.807) is 13.8 Å². The first-order chi connectivity index (χ1) is 13.4. The lowest BCUT2D eigenvalue weighted by molar-refractivity contribution is -0.159. The van der Waals surface area contributed by atoms with Gasteiger partial charge in [0.1, 0.15) is 0 Å². The van der Waals surface area contributed by atoms with Crippen molar-refractivity contribution < 1.29 is 15.0 Å². The van der Waals surface area contributed by atoms with Gasteiger partial charge in [0.2, 0.25) is 0 Å². The van der Waals surface area contributed by atoms with Gasteiger partial charge in [0.25, 0.3) is 0 Å². The molecule has 0 rings (SSSR count). The Labute approximate surface area is 181 Å². The minimum Gasteiger partial charge on any atom is -0.481 e. The maximum Gasteiger partial charge on any atom is 0.312 e. The first kappa shape index (κ1) is 30.6. The third-order valence-electron chi connectivity index (χ3n) is 6.84. The summed E-state index contributed by atoms with van der Waals surface area (Å²) < 4.78 is 0. The molecule has 0 amide bonds. The van der Waals surface area contributed by atoms with Crippen LogP contribution in [0.25, 0.3) is 0 Å². The van der Waals surface area contributed by atoms with E-state index in [4.69, 9.17) is 0 Å². The molecule has 0 aliphatic rings. The van der Waals surface area contributed by atoms with Crippen LogP contribution in [0.1, 0.15) is 137 Å². The Balaban J connectivity index is 0. The monoisotopic (exact) mass is 415 g/mol. The van der Waals surface area contributed by atoms with E-state index in [0.717, 1.165) is 12.8 Å². The Morgan fingerprint density at radius 1 is 0.724 bits per heavy atom. The summed E-state index contributed by atoms with van der Waals surface area (Å²) >= 11 is 0. The minimum atomic E-state index is -1.03. The van der Waals surface area contributed by atoms with Gasteiger partial charge in [-0.05, 0) is 26.2 Å². The van der Waals surface area contributed by atoms with E-state index in [9.17, 15) is 15.0 Å². The summed E-state index contributed by atoms with van der Waals surface area (Å²) in [6.07, 6.45) is 21.7. The average Bonchev–Trinajstić information content (AvgIpc) is 2.66. The zero-order chi connectivity index (χ0) is 21.3. The molecule has 3 unspecified atom stereocenters. The van der Waals surface area contributed by atoms with Crippen LogP contribution in [-0.4, -0.2) is 22.3 Å². The van der Waals surface area contributed by atoms with Gasteiger partial charge in [-0.15, -0.1) is 0 Å². The average molecular weight is 416 g/mol. The third-order valence-corrected chi connectivity index (χ3v) is 6.84. The first-order valence-electron chi connectivity index (χ1n) is 12.3. The number of aliphatic hydroxyl groups is 1. The van der Waals surface area contributed by atoms with E-state index in [1.807, 2.05) is 6.92 Å². The van der Waals surface area contributed by atoms with Crippen molar-refractivity contribution in [2.75, 3.05) is 0 Å². The molecule has 4 heteroatoms. The van der Waals surface area contributed by atoms with Gasteiger partial charge >= 0.3 is 5.97 Å². The van der Waals surface area contributed by atoms with Crippen molar-refractivity contribution in [3.05, 3.63) is 0 Å². The molecule has 0 aliphatic heterocycles. The normalized spacial score (nSPS) is 15.3. The Morgan fingerprint density at radius 2 is 1.03 bits per heavy atom. The minimum absolute atomic E-state index is 0. The van der Waals surface area contributed by atoms with Gasteiger partial charge in [-0.2, -0.15) is 0 Å². The first-order valence-corrected chi connectivity index (χ1v) is 12.3. The number of aliphatic hydroxyl groups excluding tert-OH is 1. The fourth-order valence-electron chi connectivity index (χ4n) is 4.10. The molecular weight excluding hydrogens is 362 g/mol. The number of rotatable bonds is 20. The van der Waals surface area contributed by atoms with Gasteiger partial charge in [-0.25, -0.2) is 0 Å². The third kappa shape index (κ3) is 14.1. The molecule has 4 nitrogen and oxygen atoms in total. The van der Waals surface area contributed by atoms with Crippen LogP contribution in [0.5, 0.6) is 0 Å². The Hall–Kier alpha value is -0.610. The molecule has 5 N–H and O–H groups in total. The molecule has 0 radical (unpaired) electrons. The van der Waals surface area contributed by atoms with E-state index in [2.05, 4.69) is 6.92 Å². The van der Waals surface area contributed by atoms with Crippen LogP contribution in [0, 0.1) is 11.3 Å². The second-order valence-electron chi connectivity index (χ2n) is 9.26. The van der Waals surface area contributed by atoms with Crippen LogP contribution >= 0.6 is 0 Å². The van der Waals surface area contributed by atoms with Gasteiger partial charge in [0, 0.05) is 0 Å². The SMILES string of the molecule is CCCCCCCCCCCCCCCCCCC(C)C(C)(C(=O)O)C(C)O.N. The van der Waals surface area contributed by atoms with Gasteiger partial charge in [0.05, 0.1) is 11.5 Å². The summed E-state index contributed by atoms with van der Waals surface area (Å²) in [4.78, 5) is 11.5. The molecule has 0 aromatic heterocycles. The summed E-state index contributed by atoms with van der Waals surface area (Å²) in [5.74, 6) is -0.886. The maximum absolute atomic E-state index is 11.5. The second-order valence-corrected chi connectivity index (χ2v) is 9.26. The number of carbonyl (C=O) groups is 1. The van der Waals surface area contributed by atoms with Crippen LogP contribution in [0.2, 0.25) is 0 Å². The zero-order valence-electron chi connectivity index (χ0n) is 20.2. The number of carboxylic acids is 1. The second kappa shape index (κ2) is 19.4. The molecule has 0 spiro atoms. The number of hydrogen-bond donors (Lipinski definition) is 3. The molecule has 0 aromatic carbocycles. The topological polar surface area (TPSA) is 92.5 Å². The molecule has 0 fully saturated rings. The predicted molar refractivity (Wildman–Crippen MR) is 126 cm³/mol. The van der Waals surface area contributed by atoms with Crippen LogP contribution in [0.4, 0.5) is 0 Å². The highest BCUT2D eigenvalue weighted by atomic mass is 16.4. The summed E-state index contributed by atoms with van der Waals surface area (Å²) in [6.45, 7) is 7.51. The summed E-state index contributed by atoms with van der Waals surface area (Å²) in [5, 5.41) is 19.3. The smallest absolute Gasteiger partial charge is 0.312 e.